The van der Waals surface area contributed by atoms with E-state index in [0.717, 1.165) is 21.9 Å². The third kappa shape index (κ3) is 4.05. The Balaban J connectivity index is 1.49. The topological polar surface area (TPSA) is 49.1 Å². The number of hydrogen-bond donors (Lipinski definition) is 0. The lowest BCUT2D eigenvalue weighted by molar-refractivity contribution is -0.134. The van der Waals surface area contributed by atoms with Gasteiger partial charge in [0.2, 0.25) is 0 Å². The number of likely N-dealkylation sites (N-methyl/N-ethyl adjacent to an activating group) is 1. The Morgan fingerprint density at radius 3 is 2.79 bits per heavy atom. The van der Waals surface area contributed by atoms with Crippen LogP contribution in [0.1, 0.15) is 28.7 Å². The van der Waals surface area contributed by atoms with Gasteiger partial charge in [-0.05, 0) is 48.3 Å². The Hall–Kier alpha value is -2.77. The van der Waals surface area contributed by atoms with E-state index in [1.165, 1.54) is 17.1 Å². The van der Waals surface area contributed by atoms with Crippen LogP contribution in [0.3, 0.4) is 0 Å². The molecule has 1 amide bonds. The van der Waals surface area contributed by atoms with E-state index in [4.69, 9.17) is 4.42 Å². The quantitative estimate of drug-likeness (QED) is 0.623. The third-order valence-corrected chi connectivity index (χ3v) is 5.53. The molecular formula is C21H20FN3O2S. The normalized spacial score (nSPS) is 16.6. The van der Waals surface area contributed by atoms with Crippen molar-refractivity contribution in [2.45, 2.75) is 19.0 Å². The maximum Gasteiger partial charge on any atom is 0.257 e. The molecule has 0 spiro atoms. The molecule has 3 aromatic rings. The van der Waals surface area contributed by atoms with E-state index < -0.39 is 0 Å². The first kappa shape index (κ1) is 18.6. The molecule has 5 nitrogen and oxygen atoms in total. The lowest BCUT2D eigenvalue weighted by Crippen LogP contribution is -2.36. The van der Waals surface area contributed by atoms with E-state index in [2.05, 4.69) is 5.10 Å². The molecule has 0 saturated heterocycles. The number of hydrogen-bond acceptors (Lipinski definition) is 5. The minimum atomic E-state index is -0.267. The van der Waals surface area contributed by atoms with E-state index in [1.807, 2.05) is 41.6 Å². The van der Waals surface area contributed by atoms with Crippen molar-refractivity contribution in [2.75, 3.05) is 13.6 Å². The fraction of sp³-hybridized carbons (Fsp3) is 0.238. The van der Waals surface area contributed by atoms with Crippen LogP contribution >= 0.6 is 11.3 Å². The summed E-state index contributed by atoms with van der Waals surface area (Å²) in [6, 6.07) is 13.8. The molecule has 0 fully saturated rings. The van der Waals surface area contributed by atoms with Gasteiger partial charge in [-0.3, -0.25) is 9.69 Å². The maximum absolute atomic E-state index is 13.1. The molecule has 4 rings (SSSR count). The summed E-state index contributed by atoms with van der Waals surface area (Å²) in [6.07, 6.45) is 2.24. The molecule has 0 bridgehead atoms. The number of rotatable bonds is 6. The van der Waals surface area contributed by atoms with Crippen LogP contribution in [0.15, 0.2) is 69.7 Å². The SMILES string of the molecule is CN(CC(=O)N1N=C(c2cccs2)CC1c1ccco1)Cc1ccc(F)cc1. The van der Waals surface area contributed by atoms with Gasteiger partial charge in [0.1, 0.15) is 17.6 Å². The molecule has 3 heterocycles. The van der Waals surface area contributed by atoms with Crippen molar-refractivity contribution in [3.05, 3.63) is 82.2 Å². The Labute approximate surface area is 166 Å². The standard InChI is InChI=1S/C21H20FN3O2S/c1-24(13-15-6-8-16(22)9-7-15)14-21(26)25-18(19-4-2-10-27-19)12-17(23-25)20-5-3-11-28-20/h2-11,18H,12-14H2,1H3. The van der Waals surface area contributed by atoms with E-state index in [9.17, 15) is 9.18 Å². The van der Waals surface area contributed by atoms with Gasteiger partial charge in [-0.15, -0.1) is 11.3 Å². The predicted molar refractivity (Wildman–Crippen MR) is 107 cm³/mol. The number of furan rings is 1. The molecule has 1 aliphatic heterocycles. The van der Waals surface area contributed by atoms with Gasteiger partial charge in [-0.1, -0.05) is 18.2 Å². The average molecular weight is 397 g/mol. The van der Waals surface area contributed by atoms with Crippen molar-refractivity contribution in [3.8, 4) is 0 Å². The molecule has 1 unspecified atom stereocenters. The minimum absolute atomic E-state index is 0.0995. The highest BCUT2D eigenvalue weighted by Crippen LogP contribution is 2.34. The van der Waals surface area contributed by atoms with Crippen LogP contribution < -0.4 is 0 Å². The highest BCUT2D eigenvalue weighted by molar-refractivity contribution is 7.12. The second-order valence-corrected chi connectivity index (χ2v) is 7.74. The van der Waals surface area contributed by atoms with E-state index in [0.29, 0.717) is 13.0 Å². The number of carbonyl (C=O) groups excluding carboxylic acids is 1. The number of thiophene rings is 1. The highest BCUT2D eigenvalue weighted by Gasteiger charge is 2.35. The van der Waals surface area contributed by atoms with Crippen molar-refractivity contribution in [2.24, 2.45) is 5.10 Å². The Bertz CT molecular complexity index is 952. The Morgan fingerprint density at radius 2 is 2.11 bits per heavy atom. The van der Waals surface area contributed by atoms with E-state index in [-0.39, 0.29) is 24.3 Å². The third-order valence-electron chi connectivity index (χ3n) is 4.61. The summed E-state index contributed by atoms with van der Waals surface area (Å²) in [5, 5.41) is 8.15. The first-order valence-corrected chi connectivity index (χ1v) is 9.88. The number of amides is 1. The highest BCUT2D eigenvalue weighted by atomic mass is 32.1. The van der Waals surface area contributed by atoms with Gasteiger partial charge in [-0.25, -0.2) is 9.40 Å². The summed E-state index contributed by atoms with van der Waals surface area (Å²) in [4.78, 5) is 16.0. The minimum Gasteiger partial charge on any atom is -0.467 e. The van der Waals surface area contributed by atoms with Crippen molar-refractivity contribution in [1.29, 1.82) is 0 Å². The first-order valence-electron chi connectivity index (χ1n) is 9.00. The number of halogens is 1. The van der Waals surface area contributed by atoms with E-state index in [1.54, 1.807) is 29.7 Å². The summed E-state index contributed by atoms with van der Waals surface area (Å²) in [6.45, 7) is 0.753. The molecule has 144 valence electrons. The lowest BCUT2D eigenvalue weighted by atomic mass is 10.1. The number of nitrogens with zero attached hydrogens (tertiary/aromatic N) is 3. The Morgan fingerprint density at radius 1 is 1.29 bits per heavy atom. The monoisotopic (exact) mass is 397 g/mol. The second kappa shape index (κ2) is 8.08. The smallest absolute Gasteiger partial charge is 0.257 e. The van der Waals surface area contributed by atoms with Crippen LogP contribution in [-0.2, 0) is 11.3 Å². The molecule has 1 aromatic carbocycles. The van der Waals surface area contributed by atoms with Crippen LogP contribution in [0.2, 0.25) is 0 Å². The van der Waals surface area contributed by atoms with Gasteiger partial charge in [0.05, 0.1) is 23.4 Å². The van der Waals surface area contributed by atoms with Gasteiger partial charge < -0.3 is 4.42 Å². The molecule has 1 aliphatic rings. The van der Waals surface area contributed by atoms with E-state index >= 15 is 0 Å². The van der Waals surface area contributed by atoms with Gasteiger partial charge in [0, 0.05) is 13.0 Å². The molecule has 0 aliphatic carbocycles. The van der Waals surface area contributed by atoms with Gasteiger partial charge in [0.25, 0.3) is 5.91 Å². The molecule has 2 aromatic heterocycles. The zero-order chi connectivity index (χ0) is 19.5. The van der Waals surface area contributed by atoms with Crippen molar-refractivity contribution in [3.63, 3.8) is 0 Å². The first-order chi connectivity index (χ1) is 13.6. The zero-order valence-electron chi connectivity index (χ0n) is 15.4. The van der Waals surface area contributed by atoms with Crippen molar-refractivity contribution in [1.82, 2.24) is 9.91 Å². The molecule has 28 heavy (non-hydrogen) atoms. The molecular weight excluding hydrogens is 377 g/mol. The summed E-state index contributed by atoms with van der Waals surface area (Å²) in [5.74, 6) is 0.360. The van der Waals surface area contributed by atoms with Crippen LogP contribution in [0.4, 0.5) is 4.39 Å². The van der Waals surface area contributed by atoms with Gasteiger partial charge in [-0.2, -0.15) is 5.10 Å². The van der Waals surface area contributed by atoms with Gasteiger partial charge >= 0.3 is 0 Å². The lowest BCUT2D eigenvalue weighted by Gasteiger charge is -2.23. The molecule has 0 saturated carbocycles. The largest absolute Gasteiger partial charge is 0.467 e. The van der Waals surface area contributed by atoms with Gasteiger partial charge in [0.15, 0.2) is 0 Å². The molecule has 0 N–H and O–H groups in total. The average Bonchev–Trinajstić information content (AvgIpc) is 3.43. The summed E-state index contributed by atoms with van der Waals surface area (Å²) < 4.78 is 18.6. The fourth-order valence-electron chi connectivity index (χ4n) is 3.30. The second-order valence-electron chi connectivity index (χ2n) is 6.80. The van der Waals surface area contributed by atoms with Crippen LogP contribution in [0.5, 0.6) is 0 Å². The summed E-state index contributed by atoms with van der Waals surface area (Å²) in [7, 11) is 1.86. The summed E-state index contributed by atoms with van der Waals surface area (Å²) in [5.41, 5.74) is 1.84. The number of benzene rings is 1. The molecule has 0 radical (unpaired) electrons. The van der Waals surface area contributed by atoms with Crippen LogP contribution in [-0.4, -0.2) is 35.1 Å². The molecule has 1 atom stereocenters. The Kier molecular flexibility index (Phi) is 5.36. The predicted octanol–water partition coefficient (Wildman–Crippen LogP) is 4.29. The maximum atomic E-state index is 13.1. The number of carbonyl (C=O) groups is 1. The zero-order valence-corrected chi connectivity index (χ0v) is 16.2. The summed E-state index contributed by atoms with van der Waals surface area (Å²) >= 11 is 1.61. The van der Waals surface area contributed by atoms with Crippen LogP contribution in [0.25, 0.3) is 0 Å². The van der Waals surface area contributed by atoms with Crippen molar-refractivity contribution >= 4 is 23.0 Å². The van der Waals surface area contributed by atoms with Crippen LogP contribution in [0, 0.1) is 5.82 Å². The molecule has 7 heteroatoms. The van der Waals surface area contributed by atoms with Crippen molar-refractivity contribution < 1.29 is 13.6 Å². The number of hydrazone groups is 1. The fourth-order valence-corrected chi connectivity index (χ4v) is 4.02.